The number of nitrogens with zero attached hydrogens (tertiary/aromatic N) is 3. The number of nitrogens with one attached hydrogen (secondary N) is 1. The maximum Gasteiger partial charge on any atom is 0.274 e. The molecule has 0 bridgehead atoms. The molecule has 1 aromatic rings. The van der Waals surface area contributed by atoms with Crippen LogP contribution in [0.4, 0.5) is 5.69 Å². The van der Waals surface area contributed by atoms with E-state index in [-0.39, 0.29) is 5.91 Å². The Morgan fingerprint density at radius 3 is 2.83 bits per heavy atom. The first-order valence-electron chi connectivity index (χ1n) is 9.39. The first-order chi connectivity index (χ1) is 13.8. The minimum absolute atomic E-state index is 0.294. The summed E-state index contributed by atoms with van der Waals surface area (Å²) in [5.74, 6) is 0.686. The number of nitrogens with two attached hydrogens (primary N) is 1. The van der Waals surface area contributed by atoms with Crippen molar-refractivity contribution < 1.29 is 9.53 Å². The second-order valence-corrected chi connectivity index (χ2v) is 7.42. The zero-order valence-electron chi connectivity index (χ0n) is 17.3. The number of rotatable bonds is 8. The molecule has 1 aromatic carbocycles. The molecule has 1 aliphatic heterocycles. The Hall–Kier alpha value is -2.64. The molecule has 0 aliphatic carbocycles. The number of amidine groups is 1. The van der Waals surface area contributed by atoms with Crippen molar-refractivity contribution in [1.82, 2.24) is 4.90 Å². The van der Waals surface area contributed by atoms with Gasteiger partial charge in [0.15, 0.2) is 5.90 Å². The summed E-state index contributed by atoms with van der Waals surface area (Å²) in [5, 5.41) is 3.22. The molecule has 0 unspecified atom stereocenters. The highest BCUT2D eigenvalue weighted by molar-refractivity contribution is 6.34. The summed E-state index contributed by atoms with van der Waals surface area (Å²) in [7, 11) is 4.06. The van der Waals surface area contributed by atoms with E-state index in [2.05, 4.69) is 20.2 Å². The van der Waals surface area contributed by atoms with E-state index in [0.29, 0.717) is 41.2 Å². The number of anilines is 1. The van der Waals surface area contributed by atoms with Gasteiger partial charge < -0.3 is 20.7 Å². The molecule has 0 spiro atoms. The van der Waals surface area contributed by atoms with Crippen LogP contribution in [0.2, 0.25) is 5.02 Å². The highest BCUT2D eigenvalue weighted by atomic mass is 35.5. The van der Waals surface area contributed by atoms with E-state index in [9.17, 15) is 4.79 Å². The molecule has 1 heterocycles. The average molecular weight is 418 g/mol. The van der Waals surface area contributed by atoms with Gasteiger partial charge in [0, 0.05) is 26.1 Å². The lowest BCUT2D eigenvalue weighted by Crippen LogP contribution is -2.15. The number of aliphatic imine (C=N–C) groups is 2. The van der Waals surface area contributed by atoms with Crippen LogP contribution < -0.4 is 11.1 Å². The topological polar surface area (TPSA) is 92.3 Å². The van der Waals surface area contributed by atoms with Gasteiger partial charge in [-0.25, -0.2) is 9.98 Å². The van der Waals surface area contributed by atoms with E-state index in [1.807, 2.05) is 34.0 Å². The van der Waals surface area contributed by atoms with Crippen LogP contribution >= 0.6 is 11.6 Å². The van der Waals surface area contributed by atoms with Crippen molar-refractivity contribution in [3.8, 4) is 0 Å². The number of halogens is 1. The third-order valence-corrected chi connectivity index (χ3v) is 4.50. The predicted octanol–water partition coefficient (Wildman–Crippen LogP) is 3.67. The molecule has 2 rings (SSSR count). The van der Waals surface area contributed by atoms with Crippen LogP contribution in [0.15, 0.2) is 46.2 Å². The van der Waals surface area contributed by atoms with Crippen LogP contribution in [0, 0.1) is 0 Å². The van der Waals surface area contributed by atoms with E-state index >= 15 is 0 Å². The molecule has 1 amide bonds. The van der Waals surface area contributed by atoms with E-state index in [1.165, 1.54) is 0 Å². The molecule has 3 N–H and O–H groups in total. The minimum Gasteiger partial charge on any atom is -0.481 e. The number of carbonyl (C=O) groups excluding carboxylic acids is 1. The summed E-state index contributed by atoms with van der Waals surface area (Å²) >= 11 is 6.24. The van der Waals surface area contributed by atoms with E-state index in [1.54, 1.807) is 24.4 Å². The SMILES string of the molecule is C/C(=C\N=C(/C)OCCCN(C)C)c1ccc(Cl)c(NC(=O)C2=CCC(N)=N2)c1. The zero-order chi connectivity index (χ0) is 21.4. The Balaban J connectivity index is 2.02. The lowest BCUT2D eigenvalue weighted by molar-refractivity contribution is -0.112. The lowest BCUT2D eigenvalue weighted by atomic mass is 10.1. The smallest absolute Gasteiger partial charge is 0.274 e. The van der Waals surface area contributed by atoms with Crippen molar-refractivity contribution >= 4 is 40.5 Å². The van der Waals surface area contributed by atoms with Crippen LogP contribution in [-0.2, 0) is 9.53 Å². The molecule has 29 heavy (non-hydrogen) atoms. The van der Waals surface area contributed by atoms with Crippen LogP contribution in [0.3, 0.4) is 0 Å². The van der Waals surface area contributed by atoms with Gasteiger partial charge in [-0.2, -0.15) is 0 Å². The van der Waals surface area contributed by atoms with Crippen molar-refractivity contribution in [3.05, 3.63) is 46.8 Å². The fourth-order valence-corrected chi connectivity index (χ4v) is 2.71. The molecule has 0 saturated heterocycles. The van der Waals surface area contributed by atoms with Gasteiger partial charge >= 0.3 is 0 Å². The number of hydrogen-bond donors (Lipinski definition) is 2. The van der Waals surface area contributed by atoms with Gasteiger partial charge in [-0.3, -0.25) is 4.79 Å². The molecule has 0 saturated carbocycles. The number of amides is 1. The van der Waals surface area contributed by atoms with Gasteiger partial charge in [-0.05, 0) is 56.8 Å². The van der Waals surface area contributed by atoms with Crippen LogP contribution in [0.25, 0.3) is 5.57 Å². The minimum atomic E-state index is -0.342. The van der Waals surface area contributed by atoms with Crippen molar-refractivity contribution in [2.24, 2.45) is 15.7 Å². The fourth-order valence-electron chi connectivity index (χ4n) is 2.54. The second kappa shape index (κ2) is 10.8. The Bertz CT molecular complexity index is 872. The third kappa shape index (κ3) is 7.36. The third-order valence-electron chi connectivity index (χ3n) is 4.17. The molecule has 8 heteroatoms. The van der Waals surface area contributed by atoms with Gasteiger partial charge in [0.2, 0.25) is 0 Å². The summed E-state index contributed by atoms with van der Waals surface area (Å²) < 4.78 is 5.61. The standard InChI is InChI=1S/C21H28ClN5O2/c1-14(13-24-15(2)29-11-5-10-27(3)4)16-6-7-17(22)19(12-16)26-21(28)18-8-9-20(23)25-18/h6-8,12-13H,5,9-11H2,1-4H3,(H2,23,25)(H,26,28)/b14-13+,24-15+. The predicted molar refractivity (Wildman–Crippen MR) is 120 cm³/mol. The summed E-state index contributed by atoms with van der Waals surface area (Å²) in [5.41, 5.74) is 8.22. The van der Waals surface area contributed by atoms with E-state index < -0.39 is 0 Å². The van der Waals surface area contributed by atoms with Crippen molar-refractivity contribution in [2.45, 2.75) is 26.7 Å². The van der Waals surface area contributed by atoms with Crippen molar-refractivity contribution in [2.75, 3.05) is 32.6 Å². The zero-order valence-corrected chi connectivity index (χ0v) is 18.1. The molecule has 0 aromatic heterocycles. The molecule has 0 fully saturated rings. The Morgan fingerprint density at radius 2 is 2.17 bits per heavy atom. The molecule has 7 nitrogen and oxygen atoms in total. The van der Waals surface area contributed by atoms with Crippen LogP contribution in [0.1, 0.15) is 32.3 Å². The highest BCUT2D eigenvalue weighted by Crippen LogP contribution is 2.27. The summed E-state index contributed by atoms with van der Waals surface area (Å²) in [6, 6.07) is 5.41. The Kier molecular flexibility index (Phi) is 8.42. The van der Waals surface area contributed by atoms with Crippen LogP contribution in [-0.4, -0.2) is 49.8 Å². The molecule has 0 radical (unpaired) electrons. The summed E-state index contributed by atoms with van der Waals surface area (Å²) in [6.45, 7) is 5.35. The van der Waals surface area contributed by atoms with Gasteiger partial charge in [-0.15, -0.1) is 0 Å². The monoisotopic (exact) mass is 417 g/mol. The van der Waals surface area contributed by atoms with E-state index in [4.69, 9.17) is 22.1 Å². The normalized spacial score (nSPS) is 14.7. The van der Waals surface area contributed by atoms with Gasteiger partial charge in [-0.1, -0.05) is 17.7 Å². The van der Waals surface area contributed by atoms with E-state index in [0.717, 1.165) is 24.1 Å². The van der Waals surface area contributed by atoms with Gasteiger partial charge in [0.05, 0.1) is 17.3 Å². The fraction of sp³-hybridized carbons (Fsp3) is 0.381. The average Bonchev–Trinajstić information content (AvgIpc) is 3.11. The number of carbonyl (C=O) groups is 1. The Labute approximate surface area is 177 Å². The number of allylic oxidation sites excluding steroid dienone is 1. The Morgan fingerprint density at radius 1 is 1.41 bits per heavy atom. The maximum atomic E-state index is 12.3. The van der Waals surface area contributed by atoms with Gasteiger partial charge in [0.1, 0.15) is 11.5 Å². The summed E-state index contributed by atoms with van der Waals surface area (Å²) in [4.78, 5) is 22.8. The molecule has 1 aliphatic rings. The van der Waals surface area contributed by atoms with Crippen molar-refractivity contribution in [1.29, 1.82) is 0 Å². The summed E-state index contributed by atoms with van der Waals surface area (Å²) in [6.07, 6.45) is 4.84. The molecular weight excluding hydrogens is 390 g/mol. The quantitative estimate of drug-likeness (QED) is 0.383. The molecule has 156 valence electrons. The largest absolute Gasteiger partial charge is 0.481 e. The number of benzene rings is 1. The maximum absolute atomic E-state index is 12.3. The van der Waals surface area contributed by atoms with Crippen LogP contribution in [0.5, 0.6) is 0 Å². The number of ether oxygens (including phenoxy) is 1. The second-order valence-electron chi connectivity index (χ2n) is 7.01. The first kappa shape index (κ1) is 22.6. The molecular formula is C21H28ClN5O2. The van der Waals surface area contributed by atoms with Gasteiger partial charge in [0.25, 0.3) is 5.91 Å². The first-order valence-corrected chi connectivity index (χ1v) is 9.77. The lowest BCUT2D eigenvalue weighted by Gasteiger charge is -2.10. The molecule has 0 atom stereocenters. The van der Waals surface area contributed by atoms with Crippen molar-refractivity contribution in [3.63, 3.8) is 0 Å². The highest BCUT2D eigenvalue weighted by Gasteiger charge is 2.15. The number of hydrogen-bond acceptors (Lipinski definition) is 6.